The summed E-state index contributed by atoms with van der Waals surface area (Å²) in [5, 5.41) is 2.38. The fraction of sp³-hybridized carbons (Fsp3) is 0. The molecule has 3 heteroatoms. The van der Waals surface area contributed by atoms with Crippen molar-refractivity contribution in [3.63, 3.8) is 0 Å². The molecule has 212 valence electrons. The third-order valence-corrected chi connectivity index (χ3v) is 8.73. The molecule has 0 atom stereocenters. The second kappa shape index (κ2) is 10.3. The predicted octanol–water partition coefficient (Wildman–Crippen LogP) is 11.7. The van der Waals surface area contributed by atoms with Crippen LogP contribution in [-0.4, -0.2) is 4.57 Å². The van der Waals surface area contributed by atoms with Gasteiger partial charge < -0.3 is 14.2 Å². The largest absolute Gasteiger partial charge is 0.453 e. The molecule has 1 aromatic heterocycles. The molecule has 0 saturated heterocycles. The summed E-state index contributed by atoms with van der Waals surface area (Å²) in [6.45, 7) is 0. The van der Waals surface area contributed by atoms with E-state index in [1.165, 1.54) is 33.0 Å². The van der Waals surface area contributed by atoms with Crippen LogP contribution < -0.4 is 9.64 Å². The minimum atomic E-state index is 0.830. The van der Waals surface area contributed by atoms with Gasteiger partial charge in [-0.2, -0.15) is 0 Å². The summed E-state index contributed by atoms with van der Waals surface area (Å²) in [5.74, 6) is 1.67. The smallest absolute Gasteiger partial charge is 0.153 e. The van der Waals surface area contributed by atoms with Gasteiger partial charge >= 0.3 is 0 Å². The molecule has 0 aliphatic carbocycles. The maximum Gasteiger partial charge on any atom is 0.153 e. The van der Waals surface area contributed by atoms with Crippen LogP contribution in [0.1, 0.15) is 0 Å². The van der Waals surface area contributed by atoms with Crippen LogP contribution in [0.25, 0.3) is 49.7 Å². The Balaban J connectivity index is 1.41. The van der Waals surface area contributed by atoms with Gasteiger partial charge in [0.15, 0.2) is 11.5 Å². The first-order valence-corrected chi connectivity index (χ1v) is 15.3. The van der Waals surface area contributed by atoms with Crippen LogP contribution in [0.4, 0.5) is 17.1 Å². The van der Waals surface area contributed by atoms with E-state index in [0.717, 1.165) is 45.3 Å². The highest BCUT2D eigenvalue weighted by Crippen LogP contribution is 2.54. The molecule has 0 radical (unpaired) electrons. The maximum absolute atomic E-state index is 6.66. The van der Waals surface area contributed by atoms with E-state index < -0.39 is 0 Å². The summed E-state index contributed by atoms with van der Waals surface area (Å²) in [6, 6.07) is 60.2. The summed E-state index contributed by atoms with van der Waals surface area (Å²) in [5.41, 5.74) is 11.2. The van der Waals surface area contributed by atoms with Gasteiger partial charge in [0.25, 0.3) is 0 Å². The van der Waals surface area contributed by atoms with Crippen LogP contribution in [0.15, 0.2) is 170 Å². The Kier molecular flexibility index (Phi) is 5.82. The molecule has 1 aliphatic heterocycles. The highest BCUT2D eigenvalue weighted by Gasteiger charge is 2.30. The normalized spacial score (nSPS) is 12.1. The molecule has 0 N–H and O–H groups in total. The van der Waals surface area contributed by atoms with Gasteiger partial charge in [0.1, 0.15) is 5.69 Å². The minimum absolute atomic E-state index is 0.830. The number of para-hydroxylation sites is 4. The number of ether oxygens (including phenoxy) is 1. The van der Waals surface area contributed by atoms with E-state index in [9.17, 15) is 0 Å². The molecule has 9 rings (SSSR count). The van der Waals surface area contributed by atoms with Crippen molar-refractivity contribution >= 4 is 38.9 Å². The standard InChI is InChI=1S/C42H28N2O/c1-4-14-29(15-5-1)31-26-32(30-16-6-2-7-17-30)28-34(27-31)44-37-21-11-10-20-35(37)36-24-25-40-42(41(36)44)43(33-18-8-3-9-19-33)38-22-12-13-23-39(38)45-40/h1-28H. The molecule has 3 nitrogen and oxygen atoms in total. The Morgan fingerprint density at radius 1 is 0.400 bits per heavy atom. The first-order chi connectivity index (χ1) is 22.3. The number of hydrogen-bond donors (Lipinski definition) is 0. The lowest BCUT2D eigenvalue weighted by Gasteiger charge is -2.33. The molecule has 7 aromatic carbocycles. The van der Waals surface area contributed by atoms with E-state index in [0.29, 0.717) is 0 Å². The SMILES string of the molecule is c1ccc(-c2cc(-c3ccccc3)cc(-n3c4ccccc4c4ccc5c(c43)N(c3ccccc3)c3ccccc3O5)c2)cc1. The number of nitrogens with zero attached hydrogens (tertiary/aromatic N) is 2. The lowest BCUT2D eigenvalue weighted by atomic mass is 9.98. The van der Waals surface area contributed by atoms with Crippen molar-refractivity contribution in [2.45, 2.75) is 0 Å². The summed E-state index contributed by atoms with van der Waals surface area (Å²) < 4.78 is 9.08. The van der Waals surface area contributed by atoms with Crippen molar-refractivity contribution in [2.75, 3.05) is 4.90 Å². The Bertz CT molecular complexity index is 2280. The molecule has 2 heterocycles. The summed E-state index contributed by atoms with van der Waals surface area (Å²) in [6.07, 6.45) is 0. The molecular weight excluding hydrogens is 548 g/mol. The van der Waals surface area contributed by atoms with Gasteiger partial charge in [-0.1, -0.05) is 109 Å². The second-order valence-electron chi connectivity index (χ2n) is 11.4. The predicted molar refractivity (Wildman–Crippen MR) is 186 cm³/mol. The number of rotatable bonds is 4. The molecule has 8 aromatic rings. The van der Waals surface area contributed by atoms with Gasteiger partial charge in [0.05, 0.1) is 16.7 Å². The van der Waals surface area contributed by atoms with Gasteiger partial charge in [0, 0.05) is 22.1 Å². The van der Waals surface area contributed by atoms with E-state index >= 15 is 0 Å². The van der Waals surface area contributed by atoms with Crippen LogP contribution in [0.3, 0.4) is 0 Å². The molecule has 0 spiro atoms. The zero-order valence-electron chi connectivity index (χ0n) is 24.5. The van der Waals surface area contributed by atoms with Crippen molar-refractivity contribution < 1.29 is 4.74 Å². The van der Waals surface area contributed by atoms with Gasteiger partial charge in [0.2, 0.25) is 0 Å². The van der Waals surface area contributed by atoms with Crippen molar-refractivity contribution in [3.05, 3.63) is 170 Å². The number of benzene rings is 7. The van der Waals surface area contributed by atoms with Crippen molar-refractivity contribution in [1.82, 2.24) is 4.57 Å². The third kappa shape index (κ3) is 4.13. The average Bonchev–Trinajstić information content (AvgIpc) is 3.46. The zero-order chi connectivity index (χ0) is 29.7. The third-order valence-electron chi connectivity index (χ3n) is 8.73. The van der Waals surface area contributed by atoms with Gasteiger partial charge in [-0.05, 0) is 82.9 Å². The maximum atomic E-state index is 6.66. The summed E-state index contributed by atoms with van der Waals surface area (Å²) in [7, 11) is 0. The van der Waals surface area contributed by atoms with Crippen LogP contribution in [0, 0.1) is 0 Å². The highest BCUT2D eigenvalue weighted by atomic mass is 16.5. The van der Waals surface area contributed by atoms with E-state index in [1.54, 1.807) is 0 Å². The molecule has 45 heavy (non-hydrogen) atoms. The number of anilines is 3. The van der Waals surface area contributed by atoms with Crippen LogP contribution in [0.2, 0.25) is 0 Å². The van der Waals surface area contributed by atoms with E-state index in [-0.39, 0.29) is 0 Å². The van der Waals surface area contributed by atoms with E-state index in [1.807, 2.05) is 12.1 Å². The fourth-order valence-electron chi connectivity index (χ4n) is 6.74. The molecule has 1 aliphatic rings. The monoisotopic (exact) mass is 576 g/mol. The Morgan fingerprint density at radius 2 is 1.00 bits per heavy atom. The van der Waals surface area contributed by atoms with Crippen LogP contribution >= 0.6 is 0 Å². The highest BCUT2D eigenvalue weighted by molar-refractivity contribution is 6.16. The quantitative estimate of drug-likeness (QED) is 0.207. The van der Waals surface area contributed by atoms with Crippen LogP contribution in [0.5, 0.6) is 11.5 Å². The Labute approximate surface area is 261 Å². The van der Waals surface area contributed by atoms with Crippen molar-refractivity contribution in [1.29, 1.82) is 0 Å². The molecule has 0 saturated carbocycles. The lowest BCUT2D eigenvalue weighted by molar-refractivity contribution is 0.477. The van der Waals surface area contributed by atoms with Crippen LogP contribution in [-0.2, 0) is 0 Å². The Hall–Kier alpha value is -6.06. The second-order valence-corrected chi connectivity index (χ2v) is 11.4. The molecular formula is C42H28N2O. The molecule has 0 fully saturated rings. The topological polar surface area (TPSA) is 17.4 Å². The fourth-order valence-corrected chi connectivity index (χ4v) is 6.74. The summed E-state index contributed by atoms with van der Waals surface area (Å²) >= 11 is 0. The first kappa shape index (κ1) is 25.4. The average molecular weight is 577 g/mol. The lowest BCUT2D eigenvalue weighted by Crippen LogP contribution is -2.17. The first-order valence-electron chi connectivity index (χ1n) is 15.3. The van der Waals surface area contributed by atoms with Crippen molar-refractivity contribution in [2.24, 2.45) is 0 Å². The Morgan fingerprint density at radius 3 is 1.71 bits per heavy atom. The number of hydrogen-bond acceptors (Lipinski definition) is 2. The van der Waals surface area contributed by atoms with Gasteiger partial charge in [-0.15, -0.1) is 0 Å². The van der Waals surface area contributed by atoms with E-state index in [2.05, 4.69) is 167 Å². The van der Waals surface area contributed by atoms with E-state index in [4.69, 9.17) is 4.74 Å². The molecule has 0 unspecified atom stereocenters. The summed E-state index contributed by atoms with van der Waals surface area (Å²) in [4.78, 5) is 2.35. The number of fused-ring (bicyclic) bond motifs is 6. The van der Waals surface area contributed by atoms with Gasteiger partial charge in [-0.25, -0.2) is 0 Å². The molecule has 0 amide bonds. The zero-order valence-corrected chi connectivity index (χ0v) is 24.5. The minimum Gasteiger partial charge on any atom is -0.453 e. The van der Waals surface area contributed by atoms with Crippen molar-refractivity contribution in [3.8, 4) is 39.4 Å². The molecule has 0 bridgehead atoms. The van der Waals surface area contributed by atoms with Gasteiger partial charge in [-0.3, -0.25) is 0 Å². The number of aromatic nitrogens is 1.